The molecule has 0 saturated heterocycles. The van der Waals surface area contributed by atoms with E-state index in [1.54, 1.807) is 6.92 Å². The average molecular weight is 284 g/mol. The molecule has 18 heavy (non-hydrogen) atoms. The van der Waals surface area contributed by atoms with Crippen molar-refractivity contribution < 1.29 is 9.21 Å². The molecule has 2 aromatic heterocycles. The Bertz CT molecular complexity index is 564. The van der Waals surface area contributed by atoms with Crippen LogP contribution in [0.25, 0.3) is 0 Å². The molecular weight excluding hydrogens is 272 g/mol. The zero-order valence-corrected chi connectivity index (χ0v) is 11.5. The number of nitrogens with one attached hydrogen (secondary N) is 1. The lowest BCUT2D eigenvalue weighted by atomic mass is 10.3. The number of nitrogen functional groups attached to an aromatic ring is 1. The molecule has 96 valence electrons. The van der Waals surface area contributed by atoms with Gasteiger partial charge in [0.2, 0.25) is 5.89 Å². The second-order valence-corrected chi connectivity index (χ2v) is 5.72. The third kappa shape index (κ3) is 2.89. The minimum atomic E-state index is -0.270. The zero-order valence-electron chi connectivity index (χ0n) is 9.89. The Morgan fingerprint density at radius 3 is 2.94 bits per heavy atom. The Morgan fingerprint density at radius 1 is 1.56 bits per heavy atom. The van der Waals surface area contributed by atoms with Gasteiger partial charge in [-0.05, 0) is 18.6 Å². The van der Waals surface area contributed by atoms with Crippen molar-refractivity contribution in [3.63, 3.8) is 0 Å². The first-order chi connectivity index (χ1) is 8.60. The predicted octanol–water partition coefficient (Wildman–Crippen LogP) is 1.64. The lowest BCUT2D eigenvalue weighted by molar-refractivity contribution is 0.0957. The van der Waals surface area contributed by atoms with Crippen LogP contribution in [0.15, 0.2) is 15.7 Å². The third-order valence-corrected chi connectivity index (χ3v) is 4.19. The van der Waals surface area contributed by atoms with Crippen LogP contribution in [0.2, 0.25) is 0 Å². The first-order valence-electron chi connectivity index (χ1n) is 5.13. The number of carbonyl (C=O) groups excluding carboxylic acids is 1. The van der Waals surface area contributed by atoms with E-state index in [4.69, 9.17) is 10.3 Å². The standard InChI is InChI=1S/C10H12N4O2S2/c1-5-7(3-8(18-5)9(15)12-11)4-17-10-14-13-6(2)16-10/h3H,4,11H2,1-2H3,(H,12,15). The fraction of sp³-hybridized carbons (Fsp3) is 0.300. The van der Waals surface area contributed by atoms with E-state index in [-0.39, 0.29) is 5.91 Å². The van der Waals surface area contributed by atoms with Crippen LogP contribution in [0.4, 0.5) is 0 Å². The van der Waals surface area contributed by atoms with Gasteiger partial charge < -0.3 is 4.42 Å². The molecule has 8 heteroatoms. The van der Waals surface area contributed by atoms with Crippen molar-refractivity contribution in [3.05, 3.63) is 27.3 Å². The monoisotopic (exact) mass is 284 g/mol. The Labute approximate surface area is 112 Å². The van der Waals surface area contributed by atoms with Gasteiger partial charge in [0.25, 0.3) is 11.1 Å². The van der Waals surface area contributed by atoms with Gasteiger partial charge in [0, 0.05) is 17.6 Å². The summed E-state index contributed by atoms with van der Waals surface area (Å²) >= 11 is 2.86. The summed E-state index contributed by atoms with van der Waals surface area (Å²) in [7, 11) is 0. The molecule has 0 aliphatic carbocycles. The molecule has 0 saturated carbocycles. The summed E-state index contributed by atoms with van der Waals surface area (Å²) in [5, 5.41) is 8.18. The molecule has 2 heterocycles. The van der Waals surface area contributed by atoms with Crippen LogP contribution >= 0.6 is 23.1 Å². The molecule has 0 aliphatic rings. The molecule has 0 spiro atoms. The maximum Gasteiger partial charge on any atom is 0.276 e. The fourth-order valence-corrected chi connectivity index (χ4v) is 3.22. The number of nitrogens with zero attached hydrogens (tertiary/aromatic N) is 2. The molecular formula is C10H12N4O2S2. The molecule has 0 bridgehead atoms. The number of amides is 1. The molecule has 1 amide bonds. The van der Waals surface area contributed by atoms with E-state index < -0.39 is 0 Å². The van der Waals surface area contributed by atoms with Crippen molar-refractivity contribution in [1.29, 1.82) is 0 Å². The van der Waals surface area contributed by atoms with E-state index in [1.165, 1.54) is 23.1 Å². The lowest BCUT2D eigenvalue weighted by Gasteiger charge is -1.95. The van der Waals surface area contributed by atoms with E-state index >= 15 is 0 Å². The highest BCUT2D eigenvalue weighted by molar-refractivity contribution is 7.98. The molecule has 0 atom stereocenters. The van der Waals surface area contributed by atoms with Crippen molar-refractivity contribution in [2.75, 3.05) is 0 Å². The summed E-state index contributed by atoms with van der Waals surface area (Å²) < 4.78 is 5.27. The number of hydrogen-bond acceptors (Lipinski definition) is 7. The van der Waals surface area contributed by atoms with Crippen molar-refractivity contribution in [3.8, 4) is 0 Å². The lowest BCUT2D eigenvalue weighted by Crippen LogP contribution is -2.29. The average Bonchev–Trinajstić information content (AvgIpc) is 2.92. The Hall–Kier alpha value is -1.38. The number of thiophene rings is 1. The predicted molar refractivity (Wildman–Crippen MR) is 69.3 cm³/mol. The number of hydrazine groups is 1. The molecule has 0 aromatic carbocycles. The summed E-state index contributed by atoms with van der Waals surface area (Å²) in [6, 6.07) is 1.83. The van der Waals surface area contributed by atoms with Crippen molar-refractivity contribution >= 4 is 29.0 Å². The molecule has 2 aromatic rings. The van der Waals surface area contributed by atoms with E-state index in [2.05, 4.69) is 15.6 Å². The summed E-state index contributed by atoms with van der Waals surface area (Å²) in [6.45, 7) is 3.71. The van der Waals surface area contributed by atoms with Crippen LogP contribution in [0.3, 0.4) is 0 Å². The van der Waals surface area contributed by atoms with Gasteiger partial charge in [-0.3, -0.25) is 10.2 Å². The smallest absolute Gasteiger partial charge is 0.276 e. The van der Waals surface area contributed by atoms with Crippen molar-refractivity contribution in [2.45, 2.75) is 24.8 Å². The maximum atomic E-state index is 11.4. The number of carbonyl (C=O) groups is 1. The van der Waals surface area contributed by atoms with Crippen LogP contribution in [-0.2, 0) is 5.75 Å². The van der Waals surface area contributed by atoms with E-state index in [9.17, 15) is 4.79 Å². The Kier molecular flexibility index (Phi) is 4.00. The SMILES string of the molecule is Cc1nnc(SCc2cc(C(=O)NN)sc2C)o1. The summed E-state index contributed by atoms with van der Waals surface area (Å²) in [6.07, 6.45) is 0. The highest BCUT2D eigenvalue weighted by Crippen LogP contribution is 2.28. The second kappa shape index (κ2) is 5.51. The quantitative estimate of drug-likeness (QED) is 0.384. The van der Waals surface area contributed by atoms with Gasteiger partial charge in [-0.25, -0.2) is 5.84 Å². The van der Waals surface area contributed by atoms with E-state index in [1.807, 2.05) is 13.0 Å². The van der Waals surface area contributed by atoms with Crippen LogP contribution in [0.1, 0.15) is 26.0 Å². The molecule has 0 fully saturated rings. The van der Waals surface area contributed by atoms with Crippen LogP contribution in [0, 0.1) is 13.8 Å². The molecule has 0 radical (unpaired) electrons. The Balaban J connectivity index is 2.05. The largest absolute Gasteiger partial charge is 0.416 e. The van der Waals surface area contributed by atoms with Crippen molar-refractivity contribution in [1.82, 2.24) is 15.6 Å². The normalized spacial score (nSPS) is 10.6. The molecule has 0 aliphatic heterocycles. The van der Waals surface area contributed by atoms with Crippen LogP contribution in [0.5, 0.6) is 0 Å². The van der Waals surface area contributed by atoms with Gasteiger partial charge in [-0.1, -0.05) is 11.8 Å². The topological polar surface area (TPSA) is 94.0 Å². The van der Waals surface area contributed by atoms with Crippen LogP contribution in [-0.4, -0.2) is 16.1 Å². The van der Waals surface area contributed by atoms with Gasteiger partial charge in [-0.15, -0.1) is 21.5 Å². The van der Waals surface area contributed by atoms with Gasteiger partial charge in [0.05, 0.1) is 4.88 Å². The third-order valence-electron chi connectivity index (χ3n) is 2.23. The maximum absolute atomic E-state index is 11.4. The van der Waals surface area contributed by atoms with Gasteiger partial charge in [0.1, 0.15) is 0 Å². The summed E-state index contributed by atoms with van der Waals surface area (Å²) in [4.78, 5) is 13.1. The number of hydrogen-bond donors (Lipinski definition) is 2. The molecule has 2 rings (SSSR count). The van der Waals surface area contributed by atoms with Crippen molar-refractivity contribution in [2.24, 2.45) is 5.84 Å². The molecule has 0 unspecified atom stereocenters. The molecule has 6 nitrogen and oxygen atoms in total. The van der Waals surface area contributed by atoms with Gasteiger partial charge in [0.15, 0.2) is 0 Å². The van der Waals surface area contributed by atoms with E-state index in [0.717, 1.165) is 10.4 Å². The Morgan fingerprint density at radius 2 is 2.33 bits per heavy atom. The number of rotatable bonds is 4. The zero-order chi connectivity index (χ0) is 13.1. The minimum Gasteiger partial charge on any atom is -0.416 e. The summed E-state index contributed by atoms with van der Waals surface area (Å²) in [5.41, 5.74) is 3.19. The number of aromatic nitrogens is 2. The highest BCUT2D eigenvalue weighted by Gasteiger charge is 2.12. The number of nitrogens with two attached hydrogens (primary N) is 1. The van der Waals surface area contributed by atoms with E-state index in [0.29, 0.717) is 21.7 Å². The molecule has 3 N–H and O–H groups in total. The number of aryl methyl sites for hydroxylation is 2. The first kappa shape index (κ1) is 13.1. The van der Waals surface area contributed by atoms with Gasteiger partial charge >= 0.3 is 0 Å². The van der Waals surface area contributed by atoms with Gasteiger partial charge in [-0.2, -0.15) is 0 Å². The highest BCUT2D eigenvalue weighted by atomic mass is 32.2. The number of thioether (sulfide) groups is 1. The first-order valence-corrected chi connectivity index (χ1v) is 6.93. The minimum absolute atomic E-state index is 0.270. The summed E-state index contributed by atoms with van der Waals surface area (Å²) in [5.74, 6) is 6.06. The second-order valence-electron chi connectivity index (χ2n) is 3.54. The fourth-order valence-electron chi connectivity index (χ4n) is 1.32. The van der Waals surface area contributed by atoms with Crippen LogP contribution < -0.4 is 11.3 Å².